The predicted molar refractivity (Wildman–Crippen MR) is 118 cm³/mol. The normalized spacial score (nSPS) is 30.2. The Morgan fingerprint density at radius 2 is 1.91 bits per heavy atom. The molecule has 2 fully saturated rings. The minimum absolute atomic E-state index is 0.112. The van der Waals surface area contributed by atoms with Crippen molar-refractivity contribution in [2.75, 3.05) is 6.54 Å². The average Bonchev–Trinajstić information content (AvgIpc) is 3.21. The van der Waals surface area contributed by atoms with Crippen molar-refractivity contribution in [3.63, 3.8) is 0 Å². The molecule has 0 aromatic carbocycles. The van der Waals surface area contributed by atoms with E-state index < -0.39 is 35.7 Å². The van der Waals surface area contributed by atoms with E-state index in [2.05, 4.69) is 17.5 Å². The highest BCUT2D eigenvalue weighted by molar-refractivity contribution is 5.98. The lowest BCUT2D eigenvalue weighted by molar-refractivity contribution is -0.142. The Balaban J connectivity index is 1.86. The second-order valence-electron chi connectivity index (χ2n) is 9.97. The van der Waals surface area contributed by atoms with E-state index in [1.165, 1.54) is 4.90 Å². The molecule has 9 heteroatoms. The number of ether oxygens (including phenoxy) is 1. The van der Waals surface area contributed by atoms with Crippen LogP contribution < -0.4 is 11.1 Å². The molecule has 0 aromatic rings. The second kappa shape index (κ2) is 9.92. The first kappa shape index (κ1) is 24.1. The summed E-state index contributed by atoms with van der Waals surface area (Å²) in [5.74, 6) is -0.235. The van der Waals surface area contributed by atoms with Crippen molar-refractivity contribution in [3.8, 4) is 0 Å². The van der Waals surface area contributed by atoms with Crippen LogP contribution in [0.15, 0.2) is 12.2 Å². The fraction of sp³-hybridized carbons (Fsp3) is 0.739. The molecule has 4 unspecified atom stereocenters. The van der Waals surface area contributed by atoms with Crippen molar-refractivity contribution in [1.29, 1.82) is 0 Å². The topological polar surface area (TPSA) is 122 Å². The van der Waals surface area contributed by atoms with Crippen LogP contribution in [0.2, 0.25) is 0 Å². The average molecular weight is 449 g/mol. The largest absolute Gasteiger partial charge is 0.443 e. The van der Waals surface area contributed by atoms with Crippen LogP contribution in [0.4, 0.5) is 9.59 Å². The summed E-state index contributed by atoms with van der Waals surface area (Å²) in [7, 11) is 0. The third-order valence-corrected chi connectivity index (χ3v) is 6.16. The summed E-state index contributed by atoms with van der Waals surface area (Å²) in [5, 5.41) is 3.06. The Morgan fingerprint density at radius 1 is 1.16 bits per heavy atom. The van der Waals surface area contributed by atoms with Crippen molar-refractivity contribution < 1.29 is 23.9 Å². The number of fused-ring (bicyclic) bond motifs is 2. The molecule has 9 nitrogen and oxygen atoms in total. The van der Waals surface area contributed by atoms with E-state index in [9.17, 15) is 19.2 Å². The number of urea groups is 1. The number of hydrogen-bond acceptors (Lipinski definition) is 5. The summed E-state index contributed by atoms with van der Waals surface area (Å²) in [6.07, 6.45) is 9.17. The highest BCUT2D eigenvalue weighted by Crippen LogP contribution is 2.33. The molecule has 5 amide bonds. The van der Waals surface area contributed by atoms with Crippen LogP contribution in [-0.2, 0) is 14.3 Å². The minimum atomic E-state index is -1.09. The molecule has 0 bridgehead atoms. The number of amides is 5. The highest BCUT2D eigenvalue weighted by Gasteiger charge is 2.44. The van der Waals surface area contributed by atoms with Gasteiger partial charge in [-0.05, 0) is 65.2 Å². The van der Waals surface area contributed by atoms with Crippen LogP contribution >= 0.6 is 0 Å². The van der Waals surface area contributed by atoms with Gasteiger partial charge in [-0.3, -0.25) is 9.59 Å². The van der Waals surface area contributed by atoms with Crippen LogP contribution in [0.25, 0.3) is 0 Å². The van der Waals surface area contributed by atoms with Gasteiger partial charge in [0, 0.05) is 12.6 Å². The van der Waals surface area contributed by atoms with Gasteiger partial charge in [0.15, 0.2) is 0 Å². The maximum absolute atomic E-state index is 13.6. The standard InChI is InChI=1S/C23H36N4O5/c1-23(2,3)32-22(31)27(21(24)30)18-11-8-6-4-5-7-10-15-14-16(15)25-19(28)17-12-9-13-26(17)20(18)29/h7,10,15-18H,4-6,8-9,11-14H2,1-3H3,(H2,24,30)(H,25,28)/b10-7-. The van der Waals surface area contributed by atoms with Gasteiger partial charge in [-0.15, -0.1) is 0 Å². The third-order valence-electron chi connectivity index (χ3n) is 6.16. The van der Waals surface area contributed by atoms with E-state index in [-0.39, 0.29) is 18.4 Å². The van der Waals surface area contributed by atoms with Gasteiger partial charge in [-0.1, -0.05) is 25.0 Å². The Hall–Kier alpha value is -2.58. The van der Waals surface area contributed by atoms with Gasteiger partial charge >= 0.3 is 12.1 Å². The van der Waals surface area contributed by atoms with E-state index in [0.717, 1.165) is 30.6 Å². The number of carbonyl (C=O) groups excluding carboxylic acids is 4. The first-order valence-electron chi connectivity index (χ1n) is 11.7. The number of imide groups is 1. The van der Waals surface area contributed by atoms with Crippen LogP contribution in [0.3, 0.4) is 0 Å². The minimum Gasteiger partial charge on any atom is -0.443 e. The summed E-state index contributed by atoms with van der Waals surface area (Å²) in [5.41, 5.74) is 4.70. The lowest BCUT2D eigenvalue weighted by Crippen LogP contribution is -2.58. The molecule has 32 heavy (non-hydrogen) atoms. The highest BCUT2D eigenvalue weighted by atomic mass is 16.6. The summed E-state index contributed by atoms with van der Waals surface area (Å²) >= 11 is 0. The zero-order valence-corrected chi connectivity index (χ0v) is 19.3. The fourth-order valence-electron chi connectivity index (χ4n) is 4.46. The molecule has 1 saturated carbocycles. The SMILES string of the molecule is CC(C)(C)OC(=O)N(C(N)=O)C1CCCCC/C=C\C2CC2NC(=O)C2CCCN2C1=O. The molecule has 3 N–H and O–H groups in total. The second-order valence-corrected chi connectivity index (χ2v) is 9.97. The number of hydrogen-bond donors (Lipinski definition) is 2. The van der Waals surface area contributed by atoms with Gasteiger partial charge in [0.25, 0.3) is 0 Å². The first-order chi connectivity index (χ1) is 15.1. The first-order valence-corrected chi connectivity index (χ1v) is 11.7. The van der Waals surface area contributed by atoms with Crippen LogP contribution in [0.5, 0.6) is 0 Å². The molecule has 0 spiro atoms. The quantitative estimate of drug-likeness (QED) is 0.597. The van der Waals surface area contributed by atoms with E-state index in [4.69, 9.17) is 10.5 Å². The van der Waals surface area contributed by atoms with Gasteiger partial charge in [0.2, 0.25) is 11.8 Å². The lowest BCUT2D eigenvalue weighted by atomic mass is 10.0. The van der Waals surface area contributed by atoms with Crippen LogP contribution in [0, 0.1) is 5.92 Å². The number of primary amides is 1. The molecule has 0 aromatic heterocycles. The van der Waals surface area contributed by atoms with Crippen molar-refractivity contribution in [3.05, 3.63) is 12.2 Å². The lowest BCUT2D eigenvalue weighted by Gasteiger charge is -2.34. The Kier molecular flexibility index (Phi) is 7.46. The Morgan fingerprint density at radius 3 is 2.59 bits per heavy atom. The van der Waals surface area contributed by atoms with E-state index in [1.807, 2.05) is 0 Å². The van der Waals surface area contributed by atoms with E-state index >= 15 is 0 Å². The monoisotopic (exact) mass is 448 g/mol. The molecular weight excluding hydrogens is 412 g/mol. The van der Waals surface area contributed by atoms with Crippen molar-refractivity contribution in [1.82, 2.24) is 15.1 Å². The third kappa shape index (κ3) is 6.01. The molecular formula is C23H36N4O5. The Labute approximate surface area is 189 Å². The summed E-state index contributed by atoms with van der Waals surface area (Å²) in [4.78, 5) is 53.9. The number of nitrogens with zero attached hydrogens (tertiary/aromatic N) is 2. The van der Waals surface area contributed by atoms with Gasteiger partial charge in [0.05, 0.1) is 0 Å². The molecule has 178 valence electrons. The molecule has 1 aliphatic carbocycles. The smallest absolute Gasteiger partial charge is 0.419 e. The number of rotatable bonds is 1. The molecule has 0 radical (unpaired) electrons. The van der Waals surface area contributed by atoms with Gasteiger partial charge in [-0.2, -0.15) is 0 Å². The maximum atomic E-state index is 13.6. The molecule has 3 rings (SSSR count). The molecule has 3 aliphatic rings. The maximum Gasteiger partial charge on any atom is 0.419 e. The van der Waals surface area contributed by atoms with Gasteiger partial charge < -0.3 is 20.7 Å². The zero-order valence-electron chi connectivity index (χ0n) is 19.3. The van der Waals surface area contributed by atoms with Crippen LogP contribution in [-0.4, -0.2) is 64.0 Å². The van der Waals surface area contributed by atoms with Gasteiger partial charge in [-0.25, -0.2) is 14.5 Å². The number of allylic oxidation sites excluding steroid dienone is 1. The molecule has 2 aliphatic heterocycles. The van der Waals surface area contributed by atoms with Gasteiger partial charge in [0.1, 0.15) is 17.7 Å². The van der Waals surface area contributed by atoms with Crippen LogP contribution in [0.1, 0.15) is 72.1 Å². The number of carbonyl (C=O) groups is 4. The molecule has 1 saturated heterocycles. The van der Waals surface area contributed by atoms with Crippen molar-refractivity contribution in [2.45, 2.75) is 95.9 Å². The summed E-state index contributed by atoms with van der Waals surface area (Å²) in [6.45, 7) is 5.45. The van der Waals surface area contributed by atoms with Crippen molar-refractivity contribution in [2.24, 2.45) is 11.7 Å². The summed E-state index contributed by atoms with van der Waals surface area (Å²) in [6, 6.07) is -2.61. The van der Waals surface area contributed by atoms with Crippen molar-refractivity contribution >= 4 is 23.9 Å². The molecule has 4 atom stereocenters. The van der Waals surface area contributed by atoms with E-state index in [1.54, 1.807) is 20.8 Å². The summed E-state index contributed by atoms with van der Waals surface area (Å²) < 4.78 is 5.37. The number of nitrogens with two attached hydrogens (primary N) is 1. The molecule has 2 heterocycles. The predicted octanol–water partition coefficient (Wildman–Crippen LogP) is 2.69. The number of nitrogens with one attached hydrogen (secondary N) is 1. The van der Waals surface area contributed by atoms with E-state index in [0.29, 0.717) is 31.7 Å². The fourth-order valence-corrected chi connectivity index (χ4v) is 4.46. The zero-order chi connectivity index (χ0) is 23.5. The Bertz CT molecular complexity index is 775.